The van der Waals surface area contributed by atoms with E-state index in [2.05, 4.69) is 23.2 Å². The van der Waals surface area contributed by atoms with Gasteiger partial charge in [0, 0.05) is 31.2 Å². The molecule has 1 amide bonds. The average molecular weight is 286 g/mol. The summed E-state index contributed by atoms with van der Waals surface area (Å²) < 4.78 is 4.71. The van der Waals surface area contributed by atoms with E-state index in [-0.39, 0.29) is 24.2 Å². The van der Waals surface area contributed by atoms with Gasteiger partial charge in [-0.15, -0.1) is 0 Å². The summed E-state index contributed by atoms with van der Waals surface area (Å²) >= 11 is 0. The van der Waals surface area contributed by atoms with Gasteiger partial charge in [0.1, 0.15) is 0 Å². The molecule has 2 aromatic rings. The molecule has 21 heavy (non-hydrogen) atoms. The standard InChI is InChI=1S/C16H18N2O3/c1-21-16(20)13-9-15(19)18(10-13)7-5-11-2-3-12-4-6-17-14(12)8-11/h2-4,6,8,13,17H,5,7,9-10H2,1H3. The molecular formula is C16H18N2O3. The number of methoxy groups -OCH3 is 1. The summed E-state index contributed by atoms with van der Waals surface area (Å²) in [7, 11) is 1.36. The van der Waals surface area contributed by atoms with E-state index >= 15 is 0 Å². The van der Waals surface area contributed by atoms with Crippen LogP contribution in [0.3, 0.4) is 0 Å². The average Bonchev–Trinajstić information content (AvgIpc) is 3.10. The highest BCUT2D eigenvalue weighted by molar-refractivity contribution is 5.86. The molecule has 1 aromatic carbocycles. The van der Waals surface area contributed by atoms with Crippen molar-refractivity contribution < 1.29 is 14.3 Å². The maximum Gasteiger partial charge on any atom is 0.310 e. The third kappa shape index (κ3) is 2.77. The minimum absolute atomic E-state index is 0.0337. The van der Waals surface area contributed by atoms with Crippen LogP contribution in [0.1, 0.15) is 12.0 Å². The van der Waals surface area contributed by atoms with Gasteiger partial charge >= 0.3 is 5.97 Å². The maximum atomic E-state index is 11.9. The van der Waals surface area contributed by atoms with Crippen molar-refractivity contribution in [1.82, 2.24) is 9.88 Å². The highest BCUT2D eigenvalue weighted by atomic mass is 16.5. The molecule has 0 saturated carbocycles. The summed E-state index contributed by atoms with van der Waals surface area (Å²) in [6, 6.07) is 8.29. The molecule has 5 heteroatoms. The molecule has 110 valence electrons. The number of rotatable bonds is 4. The van der Waals surface area contributed by atoms with Gasteiger partial charge in [-0.05, 0) is 29.5 Å². The third-order valence-electron chi connectivity index (χ3n) is 4.04. The molecule has 0 radical (unpaired) electrons. The smallest absolute Gasteiger partial charge is 0.310 e. The lowest BCUT2D eigenvalue weighted by Crippen LogP contribution is -2.28. The molecule has 0 spiro atoms. The number of fused-ring (bicyclic) bond motifs is 1. The van der Waals surface area contributed by atoms with Crippen LogP contribution in [-0.4, -0.2) is 42.0 Å². The Morgan fingerprint density at radius 1 is 1.43 bits per heavy atom. The number of benzene rings is 1. The number of amides is 1. The minimum Gasteiger partial charge on any atom is -0.469 e. The van der Waals surface area contributed by atoms with Gasteiger partial charge in [0.2, 0.25) is 5.91 Å². The van der Waals surface area contributed by atoms with E-state index in [1.165, 1.54) is 18.1 Å². The summed E-state index contributed by atoms with van der Waals surface area (Å²) in [6.45, 7) is 1.11. The van der Waals surface area contributed by atoms with Gasteiger partial charge in [-0.25, -0.2) is 0 Å². The Hall–Kier alpha value is -2.30. The molecule has 0 bridgehead atoms. The van der Waals surface area contributed by atoms with Crippen molar-refractivity contribution in [2.24, 2.45) is 5.92 Å². The zero-order valence-electron chi connectivity index (χ0n) is 12.0. The zero-order chi connectivity index (χ0) is 14.8. The fraction of sp³-hybridized carbons (Fsp3) is 0.375. The van der Waals surface area contributed by atoms with Crippen molar-refractivity contribution in [3.05, 3.63) is 36.0 Å². The number of nitrogens with one attached hydrogen (secondary N) is 1. The van der Waals surface area contributed by atoms with Gasteiger partial charge in [0.15, 0.2) is 0 Å². The van der Waals surface area contributed by atoms with Crippen LogP contribution in [0.15, 0.2) is 30.5 Å². The van der Waals surface area contributed by atoms with E-state index in [4.69, 9.17) is 4.74 Å². The molecule has 1 aromatic heterocycles. The van der Waals surface area contributed by atoms with Crippen LogP contribution in [0.2, 0.25) is 0 Å². The van der Waals surface area contributed by atoms with Crippen molar-refractivity contribution in [1.29, 1.82) is 0 Å². The summed E-state index contributed by atoms with van der Waals surface area (Å²) in [4.78, 5) is 28.3. The van der Waals surface area contributed by atoms with Crippen LogP contribution in [0.4, 0.5) is 0 Å². The topological polar surface area (TPSA) is 62.4 Å². The van der Waals surface area contributed by atoms with Crippen LogP contribution >= 0.6 is 0 Å². The van der Waals surface area contributed by atoms with E-state index < -0.39 is 0 Å². The molecular weight excluding hydrogens is 268 g/mol. The minimum atomic E-state index is -0.312. The Morgan fingerprint density at radius 3 is 3.10 bits per heavy atom. The first-order valence-corrected chi connectivity index (χ1v) is 7.09. The predicted octanol–water partition coefficient (Wildman–Crippen LogP) is 1.73. The number of hydrogen-bond donors (Lipinski definition) is 1. The van der Waals surface area contributed by atoms with E-state index in [1.54, 1.807) is 4.90 Å². The first kappa shape index (κ1) is 13.7. The largest absolute Gasteiger partial charge is 0.469 e. The highest BCUT2D eigenvalue weighted by Gasteiger charge is 2.34. The Kier molecular flexibility index (Phi) is 3.64. The molecule has 2 heterocycles. The Labute approximate surface area is 122 Å². The molecule has 1 fully saturated rings. The van der Waals surface area contributed by atoms with Crippen LogP contribution in [0.5, 0.6) is 0 Å². The summed E-state index contributed by atoms with van der Waals surface area (Å²) in [5.74, 6) is -0.571. The molecule has 5 nitrogen and oxygen atoms in total. The van der Waals surface area contributed by atoms with Crippen LogP contribution in [0, 0.1) is 5.92 Å². The number of nitrogens with zero attached hydrogens (tertiary/aromatic N) is 1. The number of aromatic amines is 1. The summed E-state index contributed by atoms with van der Waals surface area (Å²) in [5, 5.41) is 1.18. The number of likely N-dealkylation sites (tertiary alicyclic amines) is 1. The monoisotopic (exact) mass is 286 g/mol. The number of carbonyl (C=O) groups is 2. The lowest BCUT2D eigenvalue weighted by molar-refractivity contribution is -0.145. The van der Waals surface area contributed by atoms with Gasteiger partial charge in [-0.3, -0.25) is 9.59 Å². The van der Waals surface area contributed by atoms with Crippen LogP contribution < -0.4 is 0 Å². The molecule has 1 atom stereocenters. The normalized spacial score (nSPS) is 18.4. The molecule has 1 unspecified atom stereocenters. The van der Waals surface area contributed by atoms with Gasteiger partial charge in [0.25, 0.3) is 0 Å². The third-order valence-corrected chi connectivity index (χ3v) is 4.04. The lowest BCUT2D eigenvalue weighted by atomic mass is 10.1. The van der Waals surface area contributed by atoms with E-state index in [0.717, 1.165) is 11.9 Å². The van der Waals surface area contributed by atoms with E-state index in [1.807, 2.05) is 12.3 Å². The quantitative estimate of drug-likeness (QED) is 0.871. The van der Waals surface area contributed by atoms with Gasteiger partial charge in [0.05, 0.1) is 13.0 Å². The molecule has 1 aliphatic rings. The van der Waals surface area contributed by atoms with Crippen molar-refractivity contribution in [2.75, 3.05) is 20.2 Å². The molecule has 1 N–H and O–H groups in total. The second-order valence-corrected chi connectivity index (χ2v) is 5.41. The molecule has 1 aliphatic heterocycles. The van der Waals surface area contributed by atoms with Crippen LogP contribution in [0.25, 0.3) is 10.9 Å². The van der Waals surface area contributed by atoms with Crippen LogP contribution in [-0.2, 0) is 20.7 Å². The second-order valence-electron chi connectivity index (χ2n) is 5.41. The molecule has 0 aliphatic carbocycles. The summed E-state index contributed by atoms with van der Waals surface area (Å²) in [5.41, 5.74) is 2.28. The maximum absolute atomic E-state index is 11.9. The van der Waals surface area contributed by atoms with Crippen molar-refractivity contribution in [2.45, 2.75) is 12.8 Å². The highest BCUT2D eigenvalue weighted by Crippen LogP contribution is 2.20. The SMILES string of the molecule is COC(=O)C1CC(=O)N(CCc2ccc3cc[nH]c3c2)C1. The van der Waals surface area contributed by atoms with Gasteiger partial charge in [-0.1, -0.05) is 12.1 Å². The predicted molar refractivity (Wildman–Crippen MR) is 78.7 cm³/mol. The fourth-order valence-electron chi connectivity index (χ4n) is 2.83. The lowest BCUT2D eigenvalue weighted by Gasteiger charge is -2.16. The molecule has 1 saturated heterocycles. The number of hydrogen-bond acceptors (Lipinski definition) is 3. The first-order valence-electron chi connectivity index (χ1n) is 7.09. The van der Waals surface area contributed by atoms with Crippen molar-refractivity contribution in [3.63, 3.8) is 0 Å². The Bertz CT molecular complexity index is 677. The van der Waals surface area contributed by atoms with Gasteiger partial charge < -0.3 is 14.6 Å². The fourth-order valence-corrected chi connectivity index (χ4v) is 2.83. The number of esters is 1. The Morgan fingerprint density at radius 2 is 2.29 bits per heavy atom. The van der Waals surface area contributed by atoms with Crippen molar-refractivity contribution in [3.8, 4) is 0 Å². The summed E-state index contributed by atoms with van der Waals surface area (Å²) in [6.07, 6.45) is 2.97. The molecule has 3 rings (SSSR count). The van der Waals surface area contributed by atoms with E-state index in [0.29, 0.717) is 13.1 Å². The second kappa shape index (κ2) is 5.60. The van der Waals surface area contributed by atoms with Gasteiger partial charge in [-0.2, -0.15) is 0 Å². The number of H-pyrrole nitrogens is 1. The zero-order valence-corrected chi connectivity index (χ0v) is 12.0. The number of carbonyl (C=O) groups excluding carboxylic acids is 2. The van der Waals surface area contributed by atoms with Crippen molar-refractivity contribution >= 4 is 22.8 Å². The Balaban J connectivity index is 1.62. The number of aromatic nitrogens is 1. The van der Waals surface area contributed by atoms with E-state index in [9.17, 15) is 9.59 Å². The first-order chi connectivity index (χ1) is 10.2. The number of ether oxygens (including phenoxy) is 1.